The predicted octanol–water partition coefficient (Wildman–Crippen LogP) is 4.33. The number of rotatable bonds is 10. The molecule has 3 aromatic rings. The summed E-state index contributed by atoms with van der Waals surface area (Å²) in [5.41, 5.74) is 0.603. The number of benzene rings is 2. The number of nitrogens with one attached hydrogen (secondary N) is 2. The minimum Gasteiger partial charge on any atom is -0.494 e. The highest BCUT2D eigenvalue weighted by molar-refractivity contribution is 7.92. The maximum atomic E-state index is 12.8. The molecule has 0 bridgehead atoms. The molecule has 0 unspecified atom stereocenters. The van der Waals surface area contributed by atoms with E-state index >= 15 is 0 Å². The van der Waals surface area contributed by atoms with Gasteiger partial charge in [0.05, 0.1) is 11.5 Å². The molecule has 1 amide bonds. The highest BCUT2D eigenvalue weighted by atomic mass is 32.2. The normalized spacial score (nSPS) is 11.2. The van der Waals surface area contributed by atoms with Gasteiger partial charge in [-0.15, -0.1) is 10.2 Å². The van der Waals surface area contributed by atoms with Crippen molar-refractivity contribution in [3.8, 4) is 5.75 Å². The van der Waals surface area contributed by atoms with Crippen LogP contribution in [0.3, 0.4) is 0 Å². The van der Waals surface area contributed by atoms with E-state index in [2.05, 4.69) is 27.2 Å². The number of amides is 1. The van der Waals surface area contributed by atoms with Gasteiger partial charge in [-0.2, -0.15) is 0 Å². The van der Waals surface area contributed by atoms with Crippen LogP contribution in [-0.2, 0) is 16.4 Å². The average Bonchev–Trinajstić information content (AvgIpc) is 3.21. The zero-order valence-corrected chi connectivity index (χ0v) is 18.9. The summed E-state index contributed by atoms with van der Waals surface area (Å²) in [6.45, 7) is 4.49. The molecule has 164 valence electrons. The Morgan fingerprint density at radius 2 is 1.87 bits per heavy atom. The second kappa shape index (κ2) is 10.4. The van der Waals surface area contributed by atoms with E-state index < -0.39 is 15.9 Å². The quantitative estimate of drug-likeness (QED) is 0.466. The van der Waals surface area contributed by atoms with E-state index in [-0.39, 0.29) is 10.5 Å². The molecule has 10 heteroatoms. The first-order chi connectivity index (χ1) is 14.9. The first-order valence-corrected chi connectivity index (χ1v) is 12.2. The molecule has 0 aliphatic heterocycles. The van der Waals surface area contributed by atoms with Crippen molar-refractivity contribution in [2.75, 3.05) is 16.6 Å². The van der Waals surface area contributed by atoms with Gasteiger partial charge in [0.25, 0.3) is 15.9 Å². The first kappa shape index (κ1) is 22.7. The zero-order chi connectivity index (χ0) is 22.3. The van der Waals surface area contributed by atoms with Crippen LogP contribution in [0, 0.1) is 0 Å². The molecule has 0 aliphatic rings. The molecular weight excluding hydrogens is 436 g/mol. The molecule has 1 aromatic heterocycles. The summed E-state index contributed by atoms with van der Waals surface area (Å²) >= 11 is 1.32. The van der Waals surface area contributed by atoms with Gasteiger partial charge in [-0.1, -0.05) is 30.7 Å². The third-order valence-electron chi connectivity index (χ3n) is 4.26. The van der Waals surface area contributed by atoms with Crippen LogP contribution in [0.25, 0.3) is 0 Å². The van der Waals surface area contributed by atoms with E-state index in [0.717, 1.165) is 24.3 Å². The van der Waals surface area contributed by atoms with Crippen molar-refractivity contribution in [3.63, 3.8) is 0 Å². The maximum absolute atomic E-state index is 12.8. The Balaban J connectivity index is 1.70. The summed E-state index contributed by atoms with van der Waals surface area (Å²) in [6, 6.07) is 12.4. The van der Waals surface area contributed by atoms with E-state index in [4.69, 9.17) is 4.74 Å². The third-order valence-corrected chi connectivity index (χ3v) is 6.53. The molecule has 1 heterocycles. The Bertz CT molecular complexity index is 1130. The molecule has 0 aliphatic carbocycles. The van der Waals surface area contributed by atoms with E-state index in [1.165, 1.54) is 29.5 Å². The number of aromatic nitrogens is 2. The van der Waals surface area contributed by atoms with Crippen molar-refractivity contribution in [2.45, 2.75) is 38.0 Å². The van der Waals surface area contributed by atoms with Gasteiger partial charge in [0.1, 0.15) is 10.8 Å². The van der Waals surface area contributed by atoms with Crippen molar-refractivity contribution >= 4 is 38.1 Å². The Labute approximate surface area is 185 Å². The lowest BCUT2D eigenvalue weighted by atomic mass is 10.2. The molecule has 2 aromatic carbocycles. The number of unbranched alkanes of at least 4 members (excludes halogenated alkanes) is 1. The van der Waals surface area contributed by atoms with Crippen LogP contribution in [0.15, 0.2) is 53.4 Å². The number of hydrogen-bond donors (Lipinski definition) is 2. The van der Waals surface area contributed by atoms with Gasteiger partial charge in [-0.25, -0.2) is 8.42 Å². The Morgan fingerprint density at radius 3 is 2.58 bits per heavy atom. The Hall–Kier alpha value is -2.98. The number of anilines is 2. The smallest absolute Gasteiger partial charge is 0.261 e. The first-order valence-electron chi connectivity index (χ1n) is 9.90. The molecule has 2 N–H and O–H groups in total. The number of sulfonamides is 1. The van der Waals surface area contributed by atoms with E-state index in [1.807, 2.05) is 6.92 Å². The van der Waals surface area contributed by atoms with Gasteiger partial charge in [-0.3, -0.25) is 14.8 Å². The van der Waals surface area contributed by atoms with Gasteiger partial charge in [-0.05, 0) is 55.8 Å². The lowest BCUT2D eigenvalue weighted by Gasteiger charge is -2.10. The zero-order valence-electron chi connectivity index (χ0n) is 17.3. The fourth-order valence-electron chi connectivity index (χ4n) is 2.71. The molecule has 0 fully saturated rings. The molecule has 31 heavy (non-hydrogen) atoms. The van der Waals surface area contributed by atoms with Gasteiger partial charge in [0.2, 0.25) is 5.13 Å². The molecule has 3 rings (SSSR count). The Morgan fingerprint density at radius 1 is 1.10 bits per heavy atom. The van der Waals surface area contributed by atoms with Crippen LogP contribution in [0.5, 0.6) is 5.75 Å². The molecule has 8 nitrogen and oxygen atoms in total. The summed E-state index contributed by atoms with van der Waals surface area (Å²) in [5.74, 6) is 0.204. The van der Waals surface area contributed by atoms with E-state index in [9.17, 15) is 13.2 Å². The Kier molecular flexibility index (Phi) is 7.59. The van der Waals surface area contributed by atoms with Gasteiger partial charge >= 0.3 is 0 Å². The minimum absolute atomic E-state index is 0.0186. The average molecular weight is 461 g/mol. The second-order valence-corrected chi connectivity index (χ2v) is 9.39. The van der Waals surface area contributed by atoms with Crippen LogP contribution in [0.1, 0.15) is 42.1 Å². The van der Waals surface area contributed by atoms with Gasteiger partial charge < -0.3 is 4.74 Å². The van der Waals surface area contributed by atoms with Gasteiger partial charge in [0, 0.05) is 17.7 Å². The lowest BCUT2D eigenvalue weighted by molar-refractivity contribution is 0.102. The number of carbonyl (C=O) groups is 1. The van der Waals surface area contributed by atoms with Gasteiger partial charge in [0.15, 0.2) is 0 Å². The van der Waals surface area contributed by atoms with Crippen molar-refractivity contribution < 1.29 is 17.9 Å². The standard InChI is InChI=1S/C21H24N4O4S2/c1-3-5-9-19-23-24-21(30-19)22-20(26)15-7-6-8-18(14-15)31(27,28)25-16-10-12-17(13-11-16)29-4-2/h6-8,10-14,25H,3-5,9H2,1-2H3,(H,22,24,26). The number of ether oxygens (including phenoxy) is 1. The van der Waals surface area contributed by atoms with Crippen molar-refractivity contribution in [2.24, 2.45) is 0 Å². The minimum atomic E-state index is -3.87. The molecular formula is C21H24N4O4S2. The van der Waals surface area contributed by atoms with Crippen LogP contribution in [-0.4, -0.2) is 31.1 Å². The summed E-state index contributed by atoms with van der Waals surface area (Å²) in [6.07, 6.45) is 2.87. The van der Waals surface area contributed by atoms with Crippen LogP contribution in [0.2, 0.25) is 0 Å². The predicted molar refractivity (Wildman–Crippen MR) is 121 cm³/mol. The molecule has 0 atom stereocenters. The largest absolute Gasteiger partial charge is 0.494 e. The van der Waals surface area contributed by atoms with Crippen molar-refractivity contribution in [1.29, 1.82) is 0 Å². The molecule has 0 spiro atoms. The van der Waals surface area contributed by atoms with Crippen molar-refractivity contribution in [3.05, 3.63) is 59.1 Å². The fourth-order valence-corrected chi connectivity index (χ4v) is 4.59. The fraction of sp³-hybridized carbons (Fsp3) is 0.286. The monoisotopic (exact) mass is 460 g/mol. The number of hydrogen-bond acceptors (Lipinski definition) is 7. The van der Waals surface area contributed by atoms with Crippen LogP contribution >= 0.6 is 11.3 Å². The third kappa shape index (κ3) is 6.25. The number of carbonyl (C=O) groups excluding carboxylic acids is 1. The highest BCUT2D eigenvalue weighted by Crippen LogP contribution is 2.22. The topological polar surface area (TPSA) is 110 Å². The highest BCUT2D eigenvalue weighted by Gasteiger charge is 2.17. The summed E-state index contributed by atoms with van der Waals surface area (Å²) < 4.78 is 33.4. The molecule has 0 saturated carbocycles. The second-order valence-electron chi connectivity index (χ2n) is 6.65. The number of aryl methyl sites for hydroxylation is 1. The van der Waals surface area contributed by atoms with Crippen LogP contribution < -0.4 is 14.8 Å². The maximum Gasteiger partial charge on any atom is 0.261 e. The summed E-state index contributed by atoms with van der Waals surface area (Å²) in [4.78, 5) is 12.6. The van der Waals surface area contributed by atoms with Crippen LogP contribution in [0.4, 0.5) is 10.8 Å². The molecule has 0 saturated heterocycles. The van der Waals surface area contributed by atoms with E-state index in [1.54, 1.807) is 30.3 Å². The molecule has 0 radical (unpaired) electrons. The summed E-state index contributed by atoms with van der Waals surface area (Å²) in [7, 11) is -3.87. The van der Waals surface area contributed by atoms with Crippen molar-refractivity contribution in [1.82, 2.24) is 10.2 Å². The van der Waals surface area contributed by atoms with E-state index in [0.29, 0.717) is 23.2 Å². The number of nitrogens with zero attached hydrogens (tertiary/aromatic N) is 2. The SMILES string of the molecule is CCCCc1nnc(NC(=O)c2cccc(S(=O)(=O)Nc3ccc(OCC)cc3)c2)s1. The summed E-state index contributed by atoms with van der Waals surface area (Å²) in [5, 5.41) is 12.0. The lowest BCUT2D eigenvalue weighted by Crippen LogP contribution is -2.16.